The molecule has 1 amide bonds. The Kier molecular flexibility index (Phi) is 4.70. The number of hydrogen-bond donors (Lipinski definition) is 1. The van der Waals surface area contributed by atoms with Crippen LogP contribution in [0, 0.1) is 6.92 Å². The molecule has 0 radical (unpaired) electrons. The number of amides is 1. The number of aliphatic carboxylic acids is 1. The number of carboxylic acid groups (broad SMARTS) is 1. The summed E-state index contributed by atoms with van der Waals surface area (Å²) in [7, 11) is 0. The molecule has 0 atom stereocenters. The third kappa shape index (κ3) is 3.46. The largest absolute Gasteiger partial charge is 0.480 e. The minimum Gasteiger partial charge on any atom is -0.480 e. The van der Waals surface area contributed by atoms with Gasteiger partial charge < -0.3 is 5.11 Å². The van der Waals surface area contributed by atoms with Crippen LogP contribution in [-0.4, -0.2) is 28.5 Å². The van der Waals surface area contributed by atoms with Crippen molar-refractivity contribution in [1.82, 2.24) is 4.98 Å². The molecule has 5 nitrogen and oxygen atoms in total. The predicted molar refractivity (Wildman–Crippen MR) is 82.0 cm³/mol. The van der Waals surface area contributed by atoms with Gasteiger partial charge in [0.1, 0.15) is 11.4 Å². The van der Waals surface area contributed by atoms with Crippen molar-refractivity contribution in [3.8, 4) is 0 Å². The molecule has 2 rings (SSSR count). The number of carbonyl (C=O) groups excluding carboxylic acids is 1. The highest BCUT2D eigenvalue weighted by Crippen LogP contribution is 2.23. The zero-order valence-electron chi connectivity index (χ0n) is 11.9. The summed E-state index contributed by atoms with van der Waals surface area (Å²) in [6.45, 7) is 3.37. The van der Waals surface area contributed by atoms with E-state index in [2.05, 4.69) is 4.98 Å². The first-order valence-corrected chi connectivity index (χ1v) is 7.39. The first kappa shape index (κ1) is 15.2. The molecule has 0 aliphatic heterocycles. The number of thiazole rings is 1. The van der Waals surface area contributed by atoms with Crippen molar-refractivity contribution in [3.05, 3.63) is 45.9 Å². The van der Waals surface area contributed by atoms with Crippen LogP contribution in [-0.2, 0) is 11.2 Å². The van der Waals surface area contributed by atoms with E-state index in [4.69, 9.17) is 5.11 Å². The van der Waals surface area contributed by atoms with Gasteiger partial charge in [-0.05, 0) is 25.5 Å². The van der Waals surface area contributed by atoms with Crippen LogP contribution in [0.5, 0.6) is 0 Å². The smallest absolute Gasteiger partial charge is 0.323 e. The van der Waals surface area contributed by atoms with E-state index in [0.717, 1.165) is 11.4 Å². The van der Waals surface area contributed by atoms with Crippen LogP contribution in [0.4, 0.5) is 5.69 Å². The number of anilines is 1. The molecule has 0 aliphatic carbocycles. The zero-order valence-corrected chi connectivity index (χ0v) is 12.7. The highest BCUT2D eigenvalue weighted by atomic mass is 32.1. The van der Waals surface area contributed by atoms with Crippen molar-refractivity contribution in [2.45, 2.75) is 20.3 Å². The molecule has 1 aromatic heterocycles. The number of hydrogen-bond acceptors (Lipinski definition) is 4. The Labute approximate surface area is 126 Å². The van der Waals surface area contributed by atoms with Crippen LogP contribution in [0.2, 0.25) is 0 Å². The monoisotopic (exact) mass is 304 g/mol. The van der Waals surface area contributed by atoms with Gasteiger partial charge in [0.25, 0.3) is 5.91 Å². The van der Waals surface area contributed by atoms with Crippen LogP contribution in [0.25, 0.3) is 0 Å². The molecule has 0 saturated carbocycles. The highest BCUT2D eigenvalue weighted by Gasteiger charge is 2.24. The van der Waals surface area contributed by atoms with Crippen LogP contribution in [0.3, 0.4) is 0 Å². The van der Waals surface area contributed by atoms with Crippen LogP contribution >= 0.6 is 11.3 Å². The average Bonchev–Trinajstić information content (AvgIpc) is 2.86. The van der Waals surface area contributed by atoms with Gasteiger partial charge in [-0.15, -0.1) is 11.3 Å². The summed E-state index contributed by atoms with van der Waals surface area (Å²) in [6.07, 6.45) is 0.753. The van der Waals surface area contributed by atoms with Crippen molar-refractivity contribution in [1.29, 1.82) is 0 Å². The molecule has 2 aromatic rings. The number of aromatic nitrogens is 1. The SMILES string of the molecule is CCc1nc(C)c(C(=O)N(CC(=O)O)c2ccccc2)s1. The topological polar surface area (TPSA) is 70.5 Å². The Morgan fingerprint density at radius 1 is 1.29 bits per heavy atom. The van der Waals surface area contributed by atoms with Gasteiger partial charge in [0.05, 0.1) is 10.7 Å². The van der Waals surface area contributed by atoms with Gasteiger partial charge >= 0.3 is 5.97 Å². The van der Waals surface area contributed by atoms with Gasteiger partial charge in [0.2, 0.25) is 0 Å². The fourth-order valence-electron chi connectivity index (χ4n) is 1.95. The summed E-state index contributed by atoms with van der Waals surface area (Å²) in [4.78, 5) is 29.8. The molecule has 0 spiro atoms. The molecule has 1 heterocycles. The molecule has 0 unspecified atom stereocenters. The van der Waals surface area contributed by atoms with Gasteiger partial charge in [0.15, 0.2) is 0 Å². The molecule has 21 heavy (non-hydrogen) atoms. The number of nitrogens with zero attached hydrogens (tertiary/aromatic N) is 2. The Morgan fingerprint density at radius 2 is 1.95 bits per heavy atom. The summed E-state index contributed by atoms with van der Waals surface area (Å²) >= 11 is 1.32. The maximum Gasteiger partial charge on any atom is 0.323 e. The van der Waals surface area contributed by atoms with E-state index in [-0.39, 0.29) is 12.5 Å². The number of benzene rings is 1. The molecule has 110 valence electrons. The fourth-order valence-corrected chi connectivity index (χ4v) is 2.90. The zero-order chi connectivity index (χ0) is 15.4. The molecule has 6 heteroatoms. The second-order valence-corrected chi connectivity index (χ2v) is 5.58. The summed E-state index contributed by atoms with van der Waals surface area (Å²) in [6, 6.07) is 8.80. The van der Waals surface area contributed by atoms with Crippen LogP contribution < -0.4 is 4.90 Å². The number of carbonyl (C=O) groups is 2. The normalized spacial score (nSPS) is 10.4. The Balaban J connectivity index is 2.38. The second kappa shape index (κ2) is 6.49. The van der Waals surface area contributed by atoms with Crippen molar-refractivity contribution in [3.63, 3.8) is 0 Å². The average molecular weight is 304 g/mol. The van der Waals surface area contributed by atoms with Gasteiger partial charge in [-0.2, -0.15) is 0 Å². The molecular weight excluding hydrogens is 288 g/mol. The molecule has 1 N–H and O–H groups in total. The van der Waals surface area contributed by atoms with Crippen molar-refractivity contribution in [2.75, 3.05) is 11.4 Å². The molecule has 0 fully saturated rings. The summed E-state index contributed by atoms with van der Waals surface area (Å²) < 4.78 is 0. The van der Waals surface area contributed by atoms with Gasteiger partial charge in [0, 0.05) is 5.69 Å². The van der Waals surface area contributed by atoms with E-state index in [0.29, 0.717) is 16.3 Å². The lowest BCUT2D eigenvalue weighted by Gasteiger charge is -2.20. The first-order chi connectivity index (χ1) is 10.0. The minimum absolute atomic E-state index is 0.321. The minimum atomic E-state index is -1.05. The van der Waals surface area contributed by atoms with Gasteiger partial charge in [-0.1, -0.05) is 25.1 Å². The number of aryl methyl sites for hydroxylation is 2. The summed E-state index contributed by atoms with van der Waals surface area (Å²) in [5.41, 5.74) is 1.21. The number of para-hydroxylation sites is 1. The van der Waals surface area contributed by atoms with Crippen molar-refractivity contribution >= 4 is 28.9 Å². The van der Waals surface area contributed by atoms with Gasteiger partial charge in [-0.3, -0.25) is 14.5 Å². The van der Waals surface area contributed by atoms with E-state index in [1.807, 2.05) is 13.0 Å². The lowest BCUT2D eigenvalue weighted by Crippen LogP contribution is -2.35. The first-order valence-electron chi connectivity index (χ1n) is 6.58. The van der Waals surface area contributed by atoms with Gasteiger partial charge in [-0.25, -0.2) is 4.98 Å². The lowest BCUT2D eigenvalue weighted by atomic mass is 10.2. The standard InChI is InChI=1S/C15H16N2O3S/c1-3-12-16-10(2)14(21-12)15(20)17(9-13(18)19)11-7-5-4-6-8-11/h4-8H,3,9H2,1-2H3,(H,18,19). The molecule has 0 bridgehead atoms. The lowest BCUT2D eigenvalue weighted by molar-refractivity contribution is -0.135. The maximum absolute atomic E-state index is 12.7. The van der Waals surface area contributed by atoms with Crippen LogP contribution in [0.15, 0.2) is 30.3 Å². The quantitative estimate of drug-likeness (QED) is 0.922. The third-order valence-corrected chi connectivity index (χ3v) is 4.23. The Morgan fingerprint density at radius 3 is 2.48 bits per heavy atom. The molecule has 0 saturated heterocycles. The van der Waals surface area contributed by atoms with Crippen LogP contribution in [0.1, 0.15) is 27.3 Å². The Hall–Kier alpha value is -2.21. The molecule has 0 aliphatic rings. The highest BCUT2D eigenvalue weighted by molar-refractivity contribution is 7.13. The number of rotatable bonds is 5. The fraction of sp³-hybridized carbons (Fsp3) is 0.267. The van der Waals surface area contributed by atoms with E-state index < -0.39 is 5.97 Å². The van der Waals surface area contributed by atoms with Crippen molar-refractivity contribution < 1.29 is 14.7 Å². The van der Waals surface area contributed by atoms with E-state index in [1.165, 1.54) is 16.2 Å². The number of carboxylic acids is 1. The molecular formula is C15H16N2O3S. The Bertz CT molecular complexity index is 652. The second-order valence-electron chi connectivity index (χ2n) is 4.50. The molecule has 1 aromatic carbocycles. The van der Waals surface area contributed by atoms with E-state index in [1.54, 1.807) is 31.2 Å². The third-order valence-electron chi connectivity index (χ3n) is 2.94. The maximum atomic E-state index is 12.7. The van der Waals surface area contributed by atoms with E-state index in [9.17, 15) is 9.59 Å². The summed E-state index contributed by atoms with van der Waals surface area (Å²) in [5, 5.41) is 9.93. The van der Waals surface area contributed by atoms with Crippen molar-refractivity contribution in [2.24, 2.45) is 0 Å². The van der Waals surface area contributed by atoms with E-state index >= 15 is 0 Å². The predicted octanol–water partition coefficient (Wildman–Crippen LogP) is 2.75. The summed E-state index contributed by atoms with van der Waals surface area (Å²) in [5.74, 6) is -1.37.